The van der Waals surface area contributed by atoms with Crippen LogP contribution in [0.3, 0.4) is 0 Å². The number of pyridine rings is 1. The van der Waals surface area contributed by atoms with Gasteiger partial charge >= 0.3 is 0 Å². The zero-order valence-corrected chi connectivity index (χ0v) is 7.78. The lowest BCUT2D eigenvalue weighted by Crippen LogP contribution is -2.21. The van der Waals surface area contributed by atoms with Crippen LogP contribution in [-0.4, -0.2) is 23.4 Å². The molecule has 0 atom stereocenters. The fraction of sp³-hybridized carbons (Fsp3) is 0.444. The number of aromatic hydroxyl groups is 1. The highest BCUT2D eigenvalue weighted by molar-refractivity contribution is 5.19. The summed E-state index contributed by atoms with van der Waals surface area (Å²) in [6, 6.07) is 3.03. The van der Waals surface area contributed by atoms with Gasteiger partial charge in [0, 0.05) is 19.2 Å². The second-order valence-corrected chi connectivity index (χ2v) is 2.87. The van der Waals surface area contributed by atoms with Crippen molar-refractivity contribution in [2.24, 2.45) is 0 Å². The molecule has 0 saturated heterocycles. The molecule has 4 heteroatoms. The summed E-state index contributed by atoms with van der Waals surface area (Å²) in [5.41, 5.74) is 0.561. The highest BCUT2D eigenvalue weighted by Crippen LogP contribution is 2.07. The summed E-state index contributed by atoms with van der Waals surface area (Å²) in [5, 5.41) is 9.41. The van der Waals surface area contributed by atoms with E-state index in [4.69, 9.17) is 4.74 Å². The van der Waals surface area contributed by atoms with Crippen LogP contribution in [0.25, 0.3) is 0 Å². The van der Waals surface area contributed by atoms with E-state index in [0.717, 1.165) is 5.56 Å². The Morgan fingerprint density at radius 3 is 2.77 bits per heavy atom. The molecule has 0 fully saturated rings. The summed E-state index contributed by atoms with van der Waals surface area (Å²) in [7, 11) is 1.55. The molecule has 13 heavy (non-hydrogen) atoms. The predicted octanol–water partition coefficient (Wildman–Crippen LogP) is 0.509. The van der Waals surface area contributed by atoms with Crippen LogP contribution >= 0.6 is 0 Å². The van der Waals surface area contributed by atoms with Crippen molar-refractivity contribution in [3.8, 4) is 5.88 Å². The van der Waals surface area contributed by atoms with E-state index in [-0.39, 0.29) is 11.4 Å². The van der Waals surface area contributed by atoms with E-state index in [1.807, 2.05) is 0 Å². The van der Waals surface area contributed by atoms with Gasteiger partial charge in [0.05, 0.1) is 13.2 Å². The van der Waals surface area contributed by atoms with Crippen LogP contribution in [-0.2, 0) is 11.3 Å². The van der Waals surface area contributed by atoms with Crippen molar-refractivity contribution in [1.82, 2.24) is 4.57 Å². The first-order valence-corrected chi connectivity index (χ1v) is 4.04. The van der Waals surface area contributed by atoms with Gasteiger partial charge in [0.1, 0.15) is 0 Å². The number of nitrogens with zero attached hydrogens (tertiary/aromatic N) is 1. The molecule has 0 aliphatic carbocycles. The molecule has 0 amide bonds. The van der Waals surface area contributed by atoms with Gasteiger partial charge in [0.2, 0.25) is 0 Å². The fourth-order valence-electron chi connectivity index (χ4n) is 1.12. The topological polar surface area (TPSA) is 51.5 Å². The van der Waals surface area contributed by atoms with Gasteiger partial charge < -0.3 is 9.84 Å². The Morgan fingerprint density at radius 2 is 2.23 bits per heavy atom. The van der Waals surface area contributed by atoms with Crippen LogP contribution in [0.1, 0.15) is 5.56 Å². The van der Waals surface area contributed by atoms with Gasteiger partial charge in [0.25, 0.3) is 5.56 Å². The summed E-state index contributed by atoms with van der Waals surface area (Å²) in [5.74, 6) is -0.0120. The molecule has 0 aliphatic heterocycles. The van der Waals surface area contributed by atoms with Gasteiger partial charge in [-0.15, -0.1) is 0 Å². The van der Waals surface area contributed by atoms with Crippen molar-refractivity contribution in [3.63, 3.8) is 0 Å². The Kier molecular flexibility index (Phi) is 3.08. The molecule has 0 spiro atoms. The van der Waals surface area contributed by atoms with Gasteiger partial charge in [0.15, 0.2) is 5.88 Å². The van der Waals surface area contributed by atoms with E-state index in [2.05, 4.69) is 0 Å². The number of ether oxygens (including phenoxy) is 1. The van der Waals surface area contributed by atoms with E-state index in [0.29, 0.717) is 13.2 Å². The lowest BCUT2D eigenvalue weighted by molar-refractivity contribution is 0.182. The highest BCUT2D eigenvalue weighted by atomic mass is 16.5. The fourth-order valence-corrected chi connectivity index (χ4v) is 1.12. The van der Waals surface area contributed by atoms with Gasteiger partial charge in [-0.1, -0.05) is 0 Å². The summed E-state index contributed by atoms with van der Waals surface area (Å²) in [6.45, 7) is 2.56. The molecular formula is C9H13NO3. The molecule has 72 valence electrons. The average molecular weight is 183 g/mol. The standard InChI is InChI=1S/C9H13NO3/c1-7-5-8(11)10(3-4-13-2)9(12)6-7/h5-6,11H,3-4H2,1-2H3. The average Bonchev–Trinajstić information content (AvgIpc) is 2.02. The Hall–Kier alpha value is -1.29. The first kappa shape index (κ1) is 9.80. The summed E-state index contributed by atoms with van der Waals surface area (Å²) < 4.78 is 6.09. The molecule has 0 radical (unpaired) electrons. The van der Waals surface area contributed by atoms with Crippen LogP contribution in [0, 0.1) is 6.92 Å². The molecule has 1 heterocycles. The van der Waals surface area contributed by atoms with Gasteiger partial charge in [-0.3, -0.25) is 9.36 Å². The lowest BCUT2D eigenvalue weighted by Gasteiger charge is -2.07. The van der Waals surface area contributed by atoms with Crippen LogP contribution in [0.5, 0.6) is 5.88 Å². The highest BCUT2D eigenvalue weighted by Gasteiger charge is 2.02. The second kappa shape index (κ2) is 4.09. The minimum absolute atomic E-state index is 0.0120. The molecule has 0 bridgehead atoms. The van der Waals surface area contributed by atoms with E-state index < -0.39 is 0 Å². The summed E-state index contributed by atoms with van der Waals surface area (Å²) in [6.07, 6.45) is 0. The molecule has 0 aromatic carbocycles. The van der Waals surface area contributed by atoms with Crippen molar-refractivity contribution in [1.29, 1.82) is 0 Å². The zero-order valence-electron chi connectivity index (χ0n) is 7.78. The van der Waals surface area contributed by atoms with Gasteiger partial charge in [-0.05, 0) is 12.5 Å². The molecule has 1 aromatic heterocycles. The largest absolute Gasteiger partial charge is 0.494 e. The molecule has 1 aromatic rings. The Bertz CT molecular complexity index is 343. The third-order valence-electron chi connectivity index (χ3n) is 1.77. The molecular weight excluding hydrogens is 170 g/mol. The van der Waals surface area contributed by atoms with E-state index >= 15 is 0 Å². The molecule has 0 aliphatic rings. The normalized spacial score (nSPS) is 10.3. The number of hydrogen-bond acceptors (Lipinski definition) is 3. The smallest absolute Gasteiger partial charge is 0.253 e. The minimum atomic E-state index is -0.199. The van der Waals surface area contributed by atoms with Crippen molar-refractivity contribution >= 4 is 0 Å². The zero-order chi connectivity index (χ0) is 9.84. The number of aryl methyl sites for hydroxylation is 1. The van der Waals surface area contributed by atoms with E-state index in [9.17, 15) is 9.90 Å². The lowest BCUT2D eigenvalue weighted by atomic mass is 10.3. The molecule has 4 nitrogen and oxygen atoms in total. The molecule has 0 unspecified atom stereocenters. The third-order valence-corrected chi connectivity index (χ3v) is 1.77. The maximum Gasteiger partial charge on any atom is 0.253 e. The van der Waals surface area contributed by atoms with E-state index in [1.54, 1.807) is 20.1 Å². The number of aromatic nitrogens is 1. The van der Waals surface area contributed by atoms with Crippen molar-refractivity contribution < 1.29 is 9.84 Å². The predicted molar refractivity (Wildman–Crippen MR) is 49.0 cm³/mol. The molecule has 1 N–H and O–H groups in total. The Balaban J connectivity index is 2.99. The Labute approximate surface area is 76.4 Å². The summed E-state index contributed by atoms with van der Waals surface area (Å²) in [4.78, 5) is 11.3. The first-order valence-electron chi connectivity index (χ1n) is 4.04. The monoisotopic (exact) mass is 183 g/mol. The third kappa shape index (κ3) is 2.32. The van der Waals surface area contributed by atoms with Gasteiger partial charge in [-0.25, -0.2) is 0 Å². The molecule has 0 saturated carbocycles. The number of methoxy groups -OCH3 is 1. The summed E-state index contributed by atoms with van der Waals surface area (Å²) >= 11 is 0. The number of hydrogen-bond donors (Lipinski definition) is 1. The maximum atomic E-state index is 11.3. The van der Waals surface area contributed by atoms with Gasteiger partial charge in [-0.2, -0.15) is 0 Å². The Morgan fingerprint density at radius 1 is 1.54 bits per heavy atom. The van der Waals surface area contributed by atoms with Crippen LogP contribution < -0.4 is 5.56 Å². The maximum absolute atomic E-state index is 11.3. The van der Waals surface area contributed by atoms with Crippen molar-refractivity contribution in [3.05, 3.63) is 28.0 Å². The van der Waals surface area contributed by atoms with Crippen LogP contribution in [0.2, 0.25) is 0 Å². The van der Waals surface area contributed by atoms with Crippen molar-refractivity contribution in [2.75, 3.05) is 13.7 Å². The van der Waals surface area contributed by atoms with Crippen LogP contribution in [0.4, 0.5) is 0 Å². The van der Waals surface area contributed by atoms with E-state index in [1.165, 1.54) is 10.6 Å². The first-order chi connectivity index (χ1) is 6.15. The van der Waals surface area contributed by atoms with Crippen molar-refractivity contribution in [2.45, 2.75) is 13.5 Å². The SMILES string of the molecule is COCCn1c(O)cc(C)cc1=O. The quantitative estimate of drug-likeness (QED) is 0.742. The second-order valence-electron chi connectivity index (χ2n) is 2.87. The number of rotatable bonds is 3. The van der Waals surface area contributed by atoms with Crippen LogP contribution in [0.15, 0.2) is 16.9 Å². The minimum Gasteiger partial charge on any atom is -0.494 e. The molecule has 1 rings (SSSR count).